The van der Waals surface area contributed by atoms with Crippen molar-refractivity contribution in [3.05, 3.63) is 42.0 Å². The summed E-state index contributed by atoms with van der Waals surface area (Å²) in [5, 5.41) is 0. The molecule has 0 spiro atoms. The van der Waals surface area contributed by atoms with Gasteiger partial charge in [-0.1, -0.05) is 6.07 Å². The van der Waals surface area contributed by atoms with Gasteiger partial charge in [-0.15, -0.1) is 0 Å². The van der Waals surface area contributed by atoms with Crippen LogP contribution in [0.2, 0.25) is 0 Å². The first kappa shape index (κ1) is 11.6. The first-order valence-electron chi connectivity index (χ1n) is 5.99. The predicted octanol–water partition coefficient (Wildman–Crippen LogP) is 3.39. The average Bonchev–Trinajstić information content (AvgIpc) is 2.81. The van der Waals surface area contributed by atoms with Gasteiger partial charge in [0.1, 0.15) is 5.75 Å². The number of hydrogen-bond acceptors (Lipinski definition) is 4. The van der Waals surface area contributed by atoms with Crippen LogP contribution in [-0.4, -0.2) is 12.1 Å². The van der Waals surface area contributed by atoms with Gasteiger partial charge in [0.25, 0.3) is 0 Å². The van der Waals surface area contributed by atoms with Crippen molar-refractivity contribution in [2.45, 2.75) is 6.92 Å². The zero-order valence-corrected chi connectivity index (χ0v) is 10.8. The molecule has 4 heteroatoms. The standard InChI is InChI=1S/C15H14N2O2/c1-9-8-10(16)6-7-11(9)15-17-14-12(18-2)4-3-5-13(14)19-15/h3-8H,16H2,1-2H3. The van der Waals surface area contributed by atoms with Crippen molar-refractivity contribution >= 4 is 16.8 Å². The number of nitrogens with zero attached hydrogens (tertiary/aromatic N) is 1. The average molecular weight is 254 g/mol. The molecule has 1 heterocycles. The highest BCUT2D eigenvalue weighted by atomic mass is 16.5. The van der Waals surface area contributed by atoms with Crippen molar-refractivity contribution in [3.63, 3.8) is 0 Å². The van der Waals surface area contributed by atoms with E-state index in [9.17, 15) is 0 Å². The number of fused-ring (bicyclic) bond motifs is 1. The monoisotopic (exact) mass is 254 g/mol. The summed E-state index contributed by atoms with van der Waals surface area (Å²) in [6, 6.07) is 11.3. The molecule has 0 aliphatic rings. The van der Waals surface area contributed by atoms with Crippen molar-refractivity contribution in [1.82, 2.24) is 4.98 Å². The van der Waals surface area contributed by atoms with Crippen molar-refractivity contribution in [1.29, 1.82) is 0 Å². The minimum atomic E-state index is 0.581. The number of nitrogens with two attached hydrogens (primary N) is 1. The highest BCUT2D eigenvalue weighted by Gasteiger charge is 2.13. The summed E-state index contributed by atoms with van der Waals surface area (Å²) in [5.41, 5.74) is 9.90. The lowest BCUT2D eigenvalue weighted by Crippen LogP contribution is -1.88. The fourth-order valence-electron chi connectivity index (χ4n) is 2.13. The van der Waals surface area contributed by atoms with E-state index in [2.05, 4.69) is 4.98 Å². The van der Waals surface area contributed by atoms with E-state index in [4.69, 9.17) is 14.9 Å². The molecule has 2 N–H and O–H groups in total. The molecule has 1 aromatic heterocycles. The smallest absolute Gasteiger partial charge is 0.227 e. The SMILES string of the molecule is COc1cccc2oc(-c3ccc(N)cc3C)nc12. The van der Waals surface area contributed by atoms with Gasteiger partial charge in [0.05, 0.1) is 7.11 Å². The van der Waals surface area contributed by atoms with Crippen molar-refractivity contribution in [3.8, 4) is 17.2 Å². The molecule has 0 atom stereocenters. The zero-order chi connectivity index (χ0) is 13.4. The molecule has 96 valence electrons. The minimum Gasteiger partial charge on any atom is -0.494 e. The van der Waals surface area contributed by atoms with Crippen molar-refractivity contribution < 1.29 is 9.15 Å². The molecule has 0 fully saturated rings. The van der Waals surface area contributed by atoms with Crippen LogP contribution in [0.25, 0.3) is 22.6 Å². The second kappa shape index (κ2) is 4.31. The molecule has 3 rings (SSSR count). The maximum absolute atomic E-state index is 5.79. The Kier molecular flexibility index (Phi) is 2.63. The van der Waals surface area contributed by atoms with Crippen molar-refractivity contribution in [2.75, 3.05) is 12.8 Å². The Morgan fingerprint density at radius 1 is 1.21 bits per heavy atom. The summed E-state index contributed by atoms with van der Waals surface area (Å²) >= 11 is 0. The summed E-state index contributed by atoms with van der Waals surface area (Å²) < 4.78 is 11.1. The highest BCUT2D eigenvalue weighted by molar-refractivity contribution is 5.82. The number of methoxy groups -OCH3 is 1. The molecule has 0 saturated heterocycles. The van der Waals surface area contributed by atoms with Crippen LogP contribution < -0.4 is 10.5 Å². The van der Waals surface area contributed by atoms with Crippen LogP contribution >= 0.6 is 0 Å². The third kappa shape index (κ3) is 1.91. The van der Waals surface area contributed by atoms with Crippen LogP contribution in [0.5, 0.6) is 5.75 Å². The number of rotatable bonds is 2. The Morgan fingerprint density at radius 3 is 2.79 bits per heavy atom. The molecule has 0 amide bonds. The van der Waals surface area contributed by atoms with E-state index >= 15 is 0 Å². The number of anilines is 1. The Bertz CT molecular complexity index is 747. The number of nitrogen functional groups attached to an aromatic ring is 1. The molecule has 0 saturated carbocycles. The maximum atomic E-state index is 5.79. The van der Waals surface area contributed by atoms with Crippen LogP contribution in [-0.2, 0) is 0 Å². The zero-order valence-electron chi connectivity index (χ0n) is 10.8. The van der Waals surface area contributed by atoms with E-state index in [0.717, 1.165) is 22.3 Å². The first-order chi connectivity index (χ1) is 9.19. The van der Waals surface area contributed by atoms with Gasteiger partial charge >= 0.3 is 0 Å². The lowest BCUT2D eigenvalue weighted by atomic mass is 10.1. The third-order valence-corrected chi connectivity index (χ3v) is 3.08. The van der Waals surface area contributed by atoms with Gasteiger partial charge < -0.3 is 14.9 Å². The van der Waals surface area contributed by atoms with Gasteiger partial charge in [-0.25, -0.2) is 4.98 Å². The summed E-state index contributed by atoms with van der Waals surface area (Å²) in [6.45, 7) is 1.98. The molecule has 4 nitrogen and oxygen atoms in total. The fourth-order valence-corrected chi connectivity index (χ4v) is 2.13. The van der Waals surface area contributed by atoms with E-state index in [-0.39, 0.29) is 0 Å². The molecule has 19 heavy (non-hydrogen) atoms. The van der Waals surface area contributed by atoms with Crippen LogP contribution in [0.3, 0.4) is 0 Å². The Labute approximate surface area is 110 Å². The Hall–Kier alpha value is -2.49. The molecular formula is C15H14N2O2. The van der Waals surface area contributed by atoms with Crippen LogP contribution in [0.15, 0.2) is 40.8 Å². The number of aromatic nitrogens is 1. The number of ether oxygens (including phenoxy) is 1. The number of para-hydroxylation sites is 1. The van der Waals surface area contributed by atoms with Crippen LogP contribution in [0.4, 0.5) is 5.69 Å². The molecular weight excluding hydrogens is 240 g/mol. The maximum Gasteiger partial charge on any atom is 0.227 e. The van der Waals surface area contributed by atoms with Crippen LogP contribution in [0, 0.1) is 6.92 Å². The van der Waals surface area contributed by atoms with E-state index < -0.39 is 0 Å². The number of benzene rings is 2. The fraction of sp³-hybridized carbons (Fsp3) is 0.133. The lowest BCUT2D eigenvalue weighted by molar-refractivity contribution is 0.419. The second-order valence-corrected chi connectivity index (χ2v) is 4.40. The molecule has 0 unspecified atom stereocenters. The Morgan fingerprint density at radius 2 is 2.05 bits per heavy atom. The molecule has 3 aromatic rings. The van der Waals surface area contributed by atoms with Gasteiger partial charge in [-0.2, -0.15) is 0 Å². The van der Waals surface area contributed by atoms with E-state index in [1.165, 1.54) is 0 Å². The molecule has 0 radical (unpaired) electrons. The summed E-state index contributed by atoms with van der Waals surface area (Å²) in [7, 11) is 1.62. The number of aryl methyl sites for hydroxylation is 1. The minimum absolute atomic E-state index is 0.581. The van der Waals surface area contributed by atoms with Gasteiger partial charge in [0.2, 0.25) is 5.89 Å². The van der Waals surface area contributed by atoms with Gasteiger partial charge in [0.15, 0.2) is 11.1 Å². The van der Waals surface area contributed by atoms with Gasteiger partial charge in [0, 0.05) is 11.3 Å². The highest BCUT2D eigenvalue weighted by Crippen LogP contribution is 2.31. The predicted molar refractivity (Wildman–Crippen MR) is 75.1 cm³/mol. The largest absolute Gasteiger partial charge is 0.494 e. The first-order valence-corrected chi connectivity index (χ1v) is 5.99. The Balaban J connectivity index is 2.20. The summed E-state index contributed by atoms with van der Waals surface area (Å²) in [4.78, 5) is 4.51. The number of hydrogen-bond donors (Lipinski definition) is 1. The lowest BCUT2D eigenvalue weighted by Gasteiger charge is -2.01. The van der Waals surface area contributed by atoms with Gasteiger partial charge in [-0.3, -0.25) is 0 Å². The normalized spacial score (nSPS) is 10.8. The molecule has 0 aliphatic carbocycles. The van der Waals surface area contributed by atoms with Crippen molar-refractivity contribution in [2.24, 2.45) is 0 Å². The van der Waals surface area contributed by atoms with E-state index in [1.54, 1.807) is 7.11 Å². The van der Waals surface area contributed by atoms with Crippen LogP contribution in [0.1, 0.15) is 5.56 Å². The molecule has 0 aliphatic heterocycles. The number of oxazole rings is 1. The molecule has 2 aromatic carbocycles. The summed E-state index contributed by atoms with van der Waals surface area (Å²) in [6.07, 6.45) is 0. The van der Waals surface area contributed by atoms with E-state index in [0.29, 0.717) is 17.2 Å². The third-order valence-electron chi connectivity index (χ3n) is 3.08. The second-order valence-electron chi connectivity index (χ2n) is 4.40. The quantitative estimate of drug-likeness (QED) is 0.712. The molecule has 0 bridgehead atoms. The van der Waals surface area contributed by atoms with Gasteiger partial charge in [-0.05, 0) is 42.8 Å². The summed E-state index contributed by atoms with van der Waals surface area (Å²) in [5.74, 6) is 1.29. The topological polar surface area (TPSA) is 61.3 Å². The van der Waals surface area contributed by atoms with E-state index in [1.807, 2.05) is 43.3 Å².